The van der Waals surface area contributed by atoms with Gasteiger partial charge in [-0.3, -0.25) is 4.90 Å². The van der Waals surface area contributed by atoms with Gasteiger partial charge in [-0.1, -0.05) is 0 Å². The second kappa shape index (κ2) is 4.78. The normalized spacial score (nSPS) is 21.5. The molecular weight excluding hydrogens is 214 g/mol. The molecule has 0 spiro atoms. The van der Waals surface area contributed by atoms with Crippen LogP contribution in [0, 0.1) is 0 Å². The monoisotopic (exact) mass is 235 g/mol. The van der Waals surface area contributed by atoms with Crippen LogP contribution in [0.5, 0.6) is 0 Å². The Morgan fingerprint density at radius 3 is 1.87 bits per heavy atom. The third-order valence-electron chi connectivity index (χ3n) is 2.79. The Morgan fingerprint density at radius 2 is 1.53 bits per heavy atom. The van der Waals surface area contributed by atoms with Crippen LogP contribution >= 0.6 is 0 Å². The summed E-state index contributed by atoms with van der Waals surface area (Å²) in [4.78, 5) is 2.29. The highest BCUT2D eigenvalue weighted by Crippen LogP contribution is 2.11. The van der Waals surface area contributed by atoms with Gasteiger partial charge in [0, 0.05) is 46.3 Å². The lowest BCUT2D eigenvalue weighted by atomic mass is 10.3. The maximum absolute atomic E-state index is 11.8. The molecule has 0 aromatic carbocycles. The Bertz CT molecular complexity index is 292. The minimum Gasteiger partial charge on any atom is -0.298 e. The predicted molar refractivity (Wildman–Crippen MR) is 60.9 cm³/mol. The van der Waals surface area contributed by atoms with Crippen LogP contribution in [0.4, 0.5) is 0 Å². The first-order chi connectivity index (χ1) is 6.85. The zero-order valence-corrected chi connectivity index (χ0v) is 10.8. The fourth-order valence-corrected chi connectivity index (χ4v) is 2.77. The number of piperazine rings is 1. The molecule has 0 radical (unpaired) electrons. The highest BCUT2D eigenvalue weighted by atomic mass is 32.2. The van der Waals surface area contributed by atoms with E-state index in [9.17, 15) is 8.42 Å². The maximum atomic E-state index is 11.8. The van der Waals surface area contributed by atoms with Crippen LogP contribution in [0.15, 0.2) is 0 Å². The first-order valence-corrected chi connectivity index (χ1v) is 6.67. The molecule has 0 N–H and O–H groups in total. The predicted octanol–water partition coefficient (Wildman–Crippen LogP) is -0.181. The second-order valence-electron chi connectivity index (χ2n) is 4.32. The van der Waals surface area contributed by atoms with E-state index in [4.69, 9.17) is 0 Å². The summed E-state index contributed by atoms with van der Waals surface area (Å²) in [6, 6.07) is 0.495. The van der Waals surface area contributed by atoms with E-state index < -0.39 is 10.2 Å². The van der Waals surface area contributed by atoms with Gasteiger partial charge in [-0.2, -0.15) is 17.0 Å². The van der Waals surface area contributed by atoms with Crippen molar-refractivity contribution in [1.82, 2.24) is 13.5 Å². The Morgan fingerprint density at radius 1 is 1.07 bits per heavy atom. The quantitative estimate of drug-likeness (QED) is 0.681. The maximum Gasteiger partial charge on any atom is 0.281 e. The van der Waals surface area contributed by atoms with Crippen molar-refractivity contribution in [2.75, 3.05) is 40.3 Å². The van der Waals surface area contributed by atoms with Crippen LogP contribution in [-0.2, 0) is 10.2 Å². The third kappa shape index (κ3) is 2.90. The van der Waals surface area contributed by atoms with Crippen LogP contribution < -0.4 is 0 Å². The molecule has 0 amide bonds. The van der Waals surface area contributed by atoms with E-state index in [-0.39, 0.29) is 0 Å². The summed E-state index contributed by atoms with van der Waals surface area (Å²) >= 11 is 0. The van der Waals surface area contributed by atoms with E-state index in [1.165, 1.54) is 4.31 Å². The molecule has 1 fully saturated rings. The molecule has 0 atom stereocenters. The lowest BCUT2D eigenvalue weighted by Gasteiger charge is -2.37. The van der Waals surface area contributed by atoms with Crippen LogP contribution in [0.25, 0.3) is 0 Å². The van der Waals surface area contributed by atoms with Crippen molar-refractivity contribution < 1.29 is 8.42 Å². The average molecular weight is 235 g/mol. The minimum atomic E-state index is -3.21. The number of hydrogen-bond donors (Lipinski definition) is 0. The van der Waals surface area contributed by atoms with E-state index >= 15 is 0 Å². The van der Waals surface area contributed by atoms with Gasteiger partial charge in [0.15, 0.2) is 0 Å². The molecule has 0 aromatic heterocycles. The molecule has 1 aliphatic heterocycles. The van der Waals surface area contributed by atoms with Crippen LogP contribution in [-0.4, -0.2) is 68.2 Å². The summed E-state index contributed by atoms with van der Waals surface area (Å²) in [5, 5.41) is 0. The molecule has 0 unspecified atom stereocenters. The Hall–Kier alpha value is -0.170. The fraction of sp³-hybridized carbons (Fsp3) is 1.00. The standard InChI is InChI=1S/C9H21N3O2S/c1-9(2)11-5-7-12(8-6-11)15(13,14)10(3)4/h9H,5-8H2,1-4H3. The van der Waals surface area contributed by atoms with Gasteiger partial charge in [0.2, 0.25) is 0 Å². The zero-order valence-electron chi connectivity index (χ0n) is 9.97. The first-order valence-electron chi connectivity index (χ1n) is 5.27. The third-order valence-corrected chi connectivity index (χ3v) is 4.73. The SMILES string of the molecule is CC(C)N1CCN(S(=O)(=O)N(C)C)CC1. The van der Waals surface area contributed by atoms with Gasteiger partial charge in [0.05, 0.1) is 0 Å². The molecule has 0 aromatic rings. The number of nitrogens with zero attached hydrogens (tertiary/aromatic N) is 3. The summed E-state index contributed by atoms with van der Waals surface area (Å²) in [6.45, 7) is 7.11. The van der Waals surface area contributed by atoms with Crippen LogP contribution in [0.3, 0.4) is 0 Å². The summed E-state index contributed by atoms with van der Waals surface area (Å²) in [5.41, 5.74) is 0. The smallest absolute Gasteiger partial charge is 0.281 e. The van der Waals surface area contributed by atoms with E-state index in [2.05, 4.69) is 18.7 Å². The van der Waals surface area contributed by atoms with Crippen LogP contribution in [0.1, 0.15) is 13.8 Å². The van der Waals surface area contributed by atoms with Crippen LogP contribution in [0.2, 0.25) is 0 Å². The lowest BCUT2D eigenvalue weighted by molar-refractivity contribution is 0.151. The Balaban J connectivity index is 2.58. The van der Waals surface area contributed by atoms with E-state index in [1.807, 2.05) is 0 Å². The molecule has 1 heterocycles. The largest absolute Gasteiger partial charge is 0.298 e. The highest BCUT2D eigenvalue weighted by molar-refractivity contribution is 7.86. The molecule has 5 nitrogen and oxygen atoms in total. The van der Waals surface area contributed by atoms with Crippen molar-refractivity contribution in [3.63, 3.8) is 0 Å². The van der Waals surface area contributed by atoms with Crippen molar-refractivity contribution in [1.29, 1.82) is 0 Å². The second-order valence-corrected chi connectivity index (χ2v) is 6.46. The van der Waals surface area contributed by atoms with Crippen molar-refractivity contribution in [3.05, 3.63) is 0 Å². The summed E-state index contributed by atoms with van der Waals surface area (Å²) in [7, 11) is -0.0619. The lowest BCUT2D eigenvalue weighted by Crippen LogP contribution is -2.53. The van der Waals surface area contributed by atoms with Gasteiger partial charge in [0.25, 0.3) is 10.2 Å². The summed E-state index contributed by atoms with van der Waals surface area (Å²) in [5.74, 6) is 0. The van der Waals surface area contributed by atoms with Crippen molar-refractivity contribution in [2.45, 2.75) is 19.9 Å². The summed E-state index contributed by atoms with van der Waals surface area (Å²) in [6.07, 6.45) is 0. The van der Waals surface area contributed by atoms with E-state index in [0.717, 1.165) is 13.1 Å². The van der Waals surface area contributed by atoms with Crippen molar-refractivity contribution in [2.24, 2.45) is 0 Å². The molecule has 0 bridgehead atoms. The van der Waals surface area contributed by atoms with Crippen molar-refractivity contribution >= 4 is 10.2 Å². The molecular formula is C9H21N3O2S. The zero-order chi connectivity index (χ0) is 11.6. The number of rotatable bonds is 3. The molecule has 90 valence electrons. The molecule has 0 aliphatic carbocycles. The Kier molecular flexibility index (Phi) is 4.11. The highest BCUT2D eigenvalue weighted by Gasteiger charge is 2.28. The molecule has 6 heteroatoms. The van der Waals surface area contributed by atoms with Gasteiger partial charge in [-0.05, 0) is 13.8 Å². The average Bonchev–Trinajstić information content (AvgIpc) is 2.17. The number of hydrogen-bond acceptors (Lipinski definition) is 3. The molecule has 0 saturated carbocycles. The van der Waals surface area contributed by atoms with Gasteiger partial charge in [-0.15, -0.1) is 0 Å². The minimum absolute atomic E-state index is 0.495. The van der Waals surface area contributed by atoms with Gasteiger partial charge < -0.3 is 0 Å². The molecule has 1 aliphatic rings. The molecule has 1 rings (SSSR count). The van der Waals surface area contributed by atoms with E-state index in [1.54, 1.807) is 18.4 Å². The fourth-order valence-electron chi connectivity index (χ4n) is 1.68. The van der Waals surface area contributed by atoms with Crippen molar-refractivity contribution in [3.8, 4) is 0 Å². The van der Waals surface area contributed by atoms with E-state index in [0.29, 0.717) is 19.1 Å². The first kappa shape index (κ1) is 12.9. The van der Waals surface area contributed by atoms with Gasteiger partial charge >= 0.3 is 0 Å². The molecule has 1 saturated heterocycles. The Labute approximate surface area is 92.8 Å². The molecule has 15 heavy (non-hydrogen) atoms. The topological polar surface area (TPSA) is 43.9 Å². The summed E-state index contributed by atoms with van der Waals surface area (Å²) < 4.78 is 26.4. The van der Waals surface area contributed by atoms with Gasteiger partial charge in [0.1, 0.15) is 0 Å². The van der Waals surface area contributed by atoms with Gasteiger partial charge in [-0.25, -0.2) is 0 Å².